The van der Waals surface area contributed by atoms with Gasteiger partial charge < -0.3 is 5.32 Å². The Morgan fingerprint density at radius 2 is 1.56 bits per heavy atom. The zero-order chi connectivity index (χ0) is 22.7. The van der Waals surface area contributed by atoms with Crippen LogP contribution in [0.25, 0.3) is 0 Å². The number of carbonyl (C=O) groups is 1. The van der Waals surface area contributed by atoms with Crippen LogP contribution in [0.1, 0.15) is 45.9 Å². The van der Waals surface area contributed by atoms with Crippen LogP contribution >= 0.6 is 11.6 Å². The molecule has 1 saturated heterocycles. The van der Waals surface area contributed by atoms with Crippen LogP contribution in [-0.4, -0.2) is 31.7 Å². The SMILES string of the molecule is Cc1ccc([C@H](NC(=O)c2ccc(Cl)c(S(=O)(=O)N3CCCC3)c2)c2ccccc2)cc1. The summed E-state index contributed by atoms with van der Waals surface area (Å²) in [4.78, 5) is 13.2. The lowest BCUT2D eigenvalue weighted by Crippen LogP contribution is -2.30. The third kappa shape index (κ3) is 4.72. The Balaban J connectivity index is 1.66. The van der Waals surface area contributed by atoms with Gasteiger partial charge in [-0.05, 0) is 49.1 Å². The van der Waals surface area contributed by atoms with E-state index in [4.69, 9.17) is 11.6 Å². The number of nitrogens with zero attached hydrogens (tertiary/aromatic N) is 1. The fourth-order valence-corrected chi connectivity index (χ4v) is 5.91. The first-order chi connectivity index (χ1) is 15.4. The van der Waals surface area contributed by atoms with Crippen LogP contribution in [-0.2, 0) is 10.0 Å². The van der Waals surface area contributed by atoms with Crippen LogP contribution in [0.5, 0.6) is 0 Å². The molecular formula is C25H25ClN2O3S. The van der Waals surface area contributed by atoms with Crippen molar-refractivity contribution in [3.05, 3.63) is 100 Å². The number of amides is 1. The van der Waals surface area contributed by atoms with Crippen LogP contribution < -0.4 is 5.32 Å². The molecule has 0 aliphatic carbocycles. The molecule has 0 bridgehead atoms. The van der Waals surface area contributed by atoms with Crippen molar-refractivity contribution in [3.63, 3.8) is 0 Å². The molecule has 1 atom stereocenters. The van der Waals surface area contributed by atoms with Gasteiger partial charge in [-0.1, -0.05) is 71.8 Å². The Morgan fingerprint density at radius 1 is 0.938 bits per heavy atom. The Bertz CT molecular complexity index is 1210. The third-order valence-corrected chi connectivity index (χ3v) is 8.08. The Hall–Kier alpha value is -2.67. The minimum absolute atomic E-state index is 0.0275. The van der Waals surface area contributed by atoms with E-state index >= 15 is 0 Å². The number of nitrogens with one attached hydrogen (secondary N) is 1. The number of aryl methyl sites for hydroxylation is 1. The third-order valence-electron chi connectivity index (χ3n) is 5.70. The molecule has 3 aromatic carbocycles. The van der Waals surface area contributed by atoms with E-state index in [2.05, 4.69) is 5.32 Å². The molecule has 1 heterocycles. The molecule has 1 aliphatic rings. The van der Waals surface area contributed by atoms with Gasteiger partial charge in [-0.2, -0.15) is 4.31 Å². The number of rotatable bonds is 6. The lowest BCUT2D eigenvalue weighted by molar-refractivity contribution is 0.0942. The second kappa shape index (κ2) is 9.45. The first-order valence-corrected chi connectivity index (χ1v) is 12.4. The van der Waals surface area contributed by atoms with Gasteiger partial charge in [-0.3, -0.25) is 4.79 Å². The van der Waals surface area contributed by atoms with Crippen molar-refractivity contribution >= 4 is 27.5 Å². The molecule has 0 unspecified atom stereocenters. The largest absolute Gasteiger partial charge is 0.341 e. The highest BCUT2D eigenvalue weighted by Gasteiger charge is 2.30. The number of carbonyl (C=O) groups excluding carboxylic acids is 1. The average Bonchev–Trinajstić information content (AvgIpc) is 3.35. The number of hydrogen-bond acceptors (Lipinski definition) is 3. The summed E-state index contributed by atoms with van der Waals surface area (Å²) in [6.07, 6.45) is 1.65. The summed E-state index contributed by atoms with van der Waals surface area (Å²) in [6.45, 7) is 2.95. The first-order valence-electron chi connectivity index (χ1n) is 10.6. The topological polar surface area (TPSA) is 66.5 Å². The van der Waals surface area contributed by atoms with Gasteiger partial charge in [0, 0.05) is 18.7 Å². The molecule has 0 radical (unpaired) electrons. The zero-order valence-corrected chi connectivity index (χ0v) is 19.4. The summed E-state index contributed by atoms with van der Waals surface area (Å²) in [5, 5.41) is 3.18. The van der Waals surface area contributed by atoms with Crippen molar-refractivity contribution in [2.45, 2.75) is 30.7 Å². The molecule has 5 nitrogen and oxygen atoms in total. The molecule has 4 rings (SSSR count). The van der Waals surface area contributed by atoms with Crippen molar-refractivity contribution in [1.29, 1.82) is 0 Å². The second-order valence-corrected chi connectivity index (χ2v) is 10.3. The maximum atomic E-state index is 13.2. The molecule has 1 N–H and O–H groups in total. The highest BCUT2D eigenvalue weighted by atomic mass is 35.5. The Kier molecular flexibility index (Phi) is 6.65. The standard InChI is InChI=1S/C25H25ClN2O3S/c1-18-9-11-20(12-10-18)24(19-7-3-2-4-8-19)27-25(29)21-13-14-22(26)23(17-21)32(30,31)28-15-5-6-16-28/h2-4,7-14,17,24H,5-6,15-16H2,1H3,(H,27,29)/t24-/m1/s1. The van der Waals surface area contributed by atoms with E-state index in [0.29, 0.717) is 13.1 Å². The van der Waals surface area contributed by atoms with Gasteiger partial charge in [0.25, 0.3) is 5.91 Å². The van der Waals surface area contributed by atoms with Crippen LogP contribution in [0.4, 0.5) is 0 Å². The number of sulfonamides is 1. The monoisotopic (exact) mass is 468 g/mol. The van der Waals surface area contributed by atoms with Gasteiger partial charge in [-0.25, -0.2) is 8.42 Å². The van der Waals surface area contributed by atoms with Crippen LogP contribution in [0.15, 0.2) is 77.7 Å². The molecule has 1 fully saturated rings. The normalized spacial score (nSPS) is 15.4. The summed E-state index contributed by atoms with van der Waals surface area (Å²) in [7, 11) is -3.74. The molecule has 3 aromatic rings. The summed E-state index contributed by atoms with van der Waals surface area (Å²) >= 11 is 6.24. The highest BCUT2D eigenvalue weighted by molar-refractivity contribution is 7.89. The molecule has 1 amide bonds. The fraction of sp³-hybridized carbons (Fsp3) is 0.240. The van der Waals surface area contributed by atoms with Gasteiger partial charge >= 0.3 is 0 Å². The van der Waals surface area contributed by atoms with Gasteiger partial charge in [0.05, 0.1) is 11.1 Å². The van der Waals surface area contributed by atoms with Gasteiger partial charge in [0.1, 0.15) is 4.90 Å². The average molecular weight is 469 g/mol. The van der Waals surface area contributed by atoms with E-state index in [-0.39, 0.29) is 27.4 Å². The van der Waals surface area contributed by atoms with E-state index in [9.17, 15) is 13.2 Å². The van der Waals surface area contributed by atoms with E-state index in [1.807, 2.05) is 61.5 Å². The zero-order valence-electron chi connectivity index (χ0n) is 17.8. The molecule has 0 aromatic heterocycles. The van der Waals surface area contributed by atoms with Crippen molar-refractivity contribution in [1.82, 2.24) is 9.62 Å². The maximum absolute atomic E-state index is 13.2. The quantitative estimate of drug-likeness (QED) is 0.556. The summed E-state index contributed by atoms with van der Waals surface area (Å²) in [6, 6.07) is 21.7. The molecule has 32 heavy (non-hydrogen) atoms. The molecule has 0 spiro atoms. The number of hydrogen-bond donors (Lipinski definition) is 1. The predicted molar refractivity (Wildman–Crippen MR) is 126 cm³/mol. The maximum Gasteiger partial charge on any atom is 0.252 e. The molecule has 166 valence electrons. The van der Waals surface area contributed by atoms with E-state index in [1.165, 1.54) is 16.4 Å². The highest BCUT2D eigenvalue weighted by Crippen LogP contribution is 2.29. The van der Waals surface area contributed by atoms with Crippen LogP contribution in [0, 0.1) is 6.92 Å². The lowest BCUT2D eigenvalue weighted by Gasteiger charge is -2.21. The van der Waals surface area contributed by atoms with Crippen LogP contribution in [0.3, 0.4) is 0 Å². The van der Waals surface area contributed by atoms with Gasteiger partial charge in [-0.15, -0.1) is 0 Å². The van der Waals surface area contributed by atoms with Crippen molar-refractivity contribution < 1.29 is 13.2 Å². The van der Waals surface area contributed by atoms with Crippen molar-refractivity contribution in [2.24, 2.45) is 0 Å². The molecule has 1 aliphatic heterocycles. The minimum Gasteiger partial charge on any atom is -0.341 e. The van der Waals surface area contributed by atoms with Crippen LogP contribution in [0.2, 0.25) is 5.02 Å². The van der Waals surface area contributed by atoms with E-state index in [0.717, 1.165) is 29.5 Å². The first kappa shape index (κ1) is 22.5. The fourth-order valence-electron chi connectivity index (χ4n) is 3.89. The second-order valence-electron chi connectivity index (χ2n) is 7.98. The summed E-state index contributed by atoms with van der Waals surface area (Å²) in [5.74, 6) is -0.367. The van der Waals surface area contributed by atoms with E-state index < -0.39 is 10.0 Å². The molecule has 7 heteroatoms. The van der Waals surface area contributed by atoms with E-state index in [1.54, 1.807) is 6.07 Å². The number of halogens is 1. The predicted octanol–water partition coefficient (Wildman–Crippen LogP) is 4.95. The van der Waals surface area contributed by atoms with Crippen molar-refractivity contribution in [3.8, 4) is 0 Å². The molecular weight excluding hydrogens is 444 g/mol. The Morgan fingerprint density at radius 3 is 2.22 bits per heavy atom. The van der Waals surface area contributed by atoms with Gasteiger partial charge in [0.2, 0.25) is 10.0 Å². The minimum atomic E-state index is -3.74. The van der Waals surface area contributed by atoms with Crippen molar-refractivity contribution in [2.75, 3.05) is 13.1 Å². The summed E-state index contributed by atoms with van der Waals surface area (Å²) in [5.41, 5.74) is 3.25. The summed E-state index contributed by atoms with van der Waals surface area (Å²) < 4.78 is 27.5. The number of benzene rings is 3. The van der Waals surface area contributed by atoms with Gasteiger partial charge in [0.15, 0.2) is 0 Å². The Labute approximate surface area is 194 Å². The molecule has 0 saturated carbocycles. The smallest absolute Gasteiger partial charge is 0.252 e. The lowest BCUT2D eigenvalue weighted by atomic mass is 9.97.